The van der Waals surface area contributed by atoms with Gasteiger partial charge in [0.15, 0.2) is 0 Å². The fraction of sp³-hybridized carbons (Fsp3) is 0.143. The van der Waals surface area contributed by atoms with Gasteiger partial charge in [-0.15, -0.1) is 0 Å². The third kappa shape index (κ3) is 2.98. The van der Waals surface area contributed by atoms with Gasteiger partial charge in [-0.2, -0.15) is 0 Å². The van der Waals surface area contributed by atoms with Crippen LogP contribution in [-0.4, -0.2) is 5.11 Å². The molecular weight excluding hydrogens is 327 g/mol. The van der Waals surface area contributed by atoms with Gasteiger partial charge in [0.25, 0.3) is 0 Å². The van der Waals surface area contributed by atoms with Crippen molar-refractivity contribution in [3.63, 3.8) is 0 Å². The van der Waals surface area contributed by atoms with E-state index in [1.54, 1.807) is 0 Å². The summed E-state index contributed by atoms with van der Waals surface area (Å²) in [5, 5.41) is 9.04. The van der Waals surface area contributed by atoms with Crippen LogP contribution in [0.25, 0.3) is 0 Å². The van der Waals surface area contributed by atoms with Crippen molar-refractivity contribution >= 4 is 22.6 Å². The molecule has 0 aliphatic heterocycles. The first-order chi connectivity index (χ1) is 8.20. The fourth-order valence-electron chi connectivity index (χ4n) is 1.57. The summed E-state index contributed by atoms with van der Waals surface area (Å²) >= 11 is 2.25. The van der Waals surface area contributed by atoms with Crippen LogP contribution in [0.3, 0.4) is 0 Å². The van der Waals surface area contributed by atoms with Crippen LogP contribution < -0.4 is 4.74 Å². The topological polar surface area (TPSA) is 29.5 Å². The number of ether oxygens (including phenoxy) is 1. The lowest BCUT2D eigenvalue weighted by Crippen LogP contribution is -1.91. The maximum atomic E-state index is 9.04. The Kier molecular flexibility index (Phi) is 4.02. The number of aliphatic hydroxyl groups is 1. The number of hydrogen-bond acceptors (Lipinski definition) is 2. The number of aliphatic hydroxyl groups excluding tert-OH is 1. The van der Waals surface area contributed by atoms with Crippen molar-refractivity contribution < 1.29 is 9.84 Å². The van der Waals surface area contributed by atoms with Crippen LogP contribution in [0, 0.1) is 10.5 Å². The first kappa shape index (κ1) is 12.4. The molecule has 0 saturated carbocycles. The Labute approximate surface area is 114 Å². The zero-order chi connectivity index (χ0) is 12.3. The van der Waals surface area contributed by atoms with Crippen molar-refractivity contribution in [1.29, 1.82) is 0 Å². The highest BCUT2D eigenvalue weighted by atomic mass is 127. The van der Waals surface area contributed by atoms with Crippen molar-refractivity contribution in [1.82, 2.24) is 0 Å². The molecule has 0 amide bonds. The van der Waals surface area contributed by atoms with Crippen molar-refractivity contribution in [3.8, 4) is 11.5 Å². The van der Waals surface area contributed by atoms with Gasteiger partial charge in [0.05, 0.1) is 10.2 Å². The summed E-state index contributed by atoms with van der Waals surface area (Å²) in [5.41, 5.74) is 1.92. The van der Waals surface area contributed by atoms with Gasteiger partial charge in [0.1, 0.15) is 11.5 Å². The van der Waals surface area contributed by atoms with Crippen molar-refractivity contribution in [2.45, 2.75) is 13.5 Å². The summed E-state index contributed by atoms with van der Waals surface area (Å²) in [4.78, 5) is 0. The molecular formula is C14H13IO2. The van der Waals surface area contributed by atoms with Crippen LogP contribution in [0.2, 0.25) is 0 Å². The molecule has 0 aromatic heterocycles. The Morgan fingerprint density at radius 2 is 1.88 bits per heavy atom. The quantitative estimate of drug-likeness (QED) is 0.860. The standard InChI is InChI=1S/C14H13IO2/c1-10-8-11(9-16)6-7-13(10)17-14-5-3-2-4-12(14)15/h2-8,16H,9H2,1H3. The number of rotatable bonds is 3. The van der Waals surface area contributed by atoms with E-state index in [2.05, 4.69) is 22.6 Å². The number of hydrogen-bond donors (Lipinski definition) is 1. The second-order valence-electron chi connectivity index (χ2n) is 3.79. The van der Waals surface area contributed by atoms with E-state index in [0.717, 1.165) is 26.2 Å². The molecule has 1 N–H and O–H groups in total. The average Bonchev–Trinajstić information content (AvgIpc) is 2.34. The maximum Gasteiger partial charge on any atom is 0.140 e. The van der Waals surface area contributed by atoms with Gasteiger partial charge in [0, 0.05) is 0 Å². The molecule has 2 aromatic rings. The lowest BCUT2D eigenvalue weighted by Gasteiger charge is -2.10. The molecule has 0 atom stereocenters. The maximum absolute atomic E-state index is 9.04. The van der Waals surface area contributed by atoms with Gasteiger partial charge in [-0.25, -0.2) is 0 Å². The molecule has 2 nitrogen and oxygen atoms in total. The van der Waals surface area contributed by atoms with E-state index >= 15 is 0 Å². The van der Waals surface area contributed by atoms with Crippen LogP contribution in [-0.2, 0) is 6.61 Å². The van der Waals surface area contributed by atoms with Crippen LogP contribution in [0.15, 0.2) is 42.5 Å². The van der Waals surface area contributed by atoms with E-state index in [0.29, 0.717) is 0 Å². The van der Waals surface area contributed by atoms with Gasteiger partial charge in [-0.1, -0.05) is 24.3 Å². The molecule has 0 aliphatic rings. The Morgan fingerprint density at radius 3 is 2.53 bits per heavy atom. The largest absolute Gasteiger partial charge is 0.456 e. The van der Waals surface area contributed by atoms with Crippen molar-refractivity contribution in [2.24, 2.45) is 0 Å². The van der Waals surface area contributed by atoms with E-state index in [9.17, 15) is 0 Å². The van der Waals surface area contributed by atoms with E-state index in [-0.39, 0.29) is 6.61 Å². The Morgan fingerprint density at radius 1 is 1.12 bits per heavy atom. The molecule has 0 fully saturated rings. The van der Waals surface area contributed by atoms with Gasteiger partial charge >= 0.3 is 0 Å². The number of benzene rings is 2. The fourth-order valence-corrected chi connectivity index (χ4v) is 2.07. The molecule has 2 rings (SSSR count). The zero-order valence-corrected chi connectivity index (χ0v) is 11.6. The second kappa shape index (κ2) is 5.51. The Hall–Kier alpha value is -1.07. The van der Waals surface area contributed by atoms with Crippen LogP contribution >= 0.6 is 22.6 Å². The minimum absolute atomic E-state index is 0.0595. The van der Waals surface area contributed by atoms with Crippen molar-refractivity contribution in [3.05, 3.63) is 57.2 Å². The molecule has 0 unspecified atom stereocenters. The SMILES string of the molecule is Cc1cc(CO)ccc1Oc1ccccc1I. The molecule has 3 heteroatoms. The minimum atomic E-state index is 0.0595. The summed E-state index contributed by atoms with van der Waals surface area (Å²) in [6.07, 6.45) is 0. The second-order valence-corrected chi connectivity index (χ2v) is 4.95. The molecule has 17 heavy (non-hydrogen) atoms. The summed E-state index contributed by atoms with van der Waals surface area (Å²) in [7, 11) is 0. The normalized spacial score (nSPS) is 10.3. The lowest BCUT2D eigenvalue weighted by atomic mass is 10.1. The first-order valence-electron chi connectivity index (χ1n) is 5.33. The highest BCUT2D eigenvalue weighted by Crippen LogP contribution is 2.29. The molecule has 0 radical (unpaired) electrons. The highest BCUT2D eigenvalue weighted by Gasteiger charge is 2.04. The molecule has 2 aromatic carbocycles. The third-order valence-electron chi connectivity index (χ3n) is 2.48. The predicted molar refractivity (Wildman–Crippen MR) is 76.3 cm³/mol. The Balaban J connectivity index is 2.28. The van der Waals surface area contributed by atoms with Gasteiger partial charge in [0.2, 0.25) is 0 Å². The van der Waals surface area contributed by atoms with Gasteiger partial charge in [-0.05, 0) is 58.8 Å². The van der Waals surface area contributed by atoms with E-state index in [4.69, 9.17) is 9.84 Å². The Bertz CT molecular complexity index is 523. The summed E-state index contributed by atoms with van der Waals surface area (Å²) < 4.78 is 6.93. The van der Waals surface area contributed by atoms with Crippen LogP contribution in [0.5, 0.6) is 11.5 Å². The molecule has 88 valence electrons. The summed E-state index contributed by atoms with van der Waals surface area (Å²) in [5.74, 6) is 1.68. The van der Waals surface area contributed by atoms with Gasteiger partial charge < -0.3 is 9.84 Å². The smallest absolute Gasteiger partial charge is 0.140 e. The lowest BCUT2D eigenvalue weighted by molar-refractivity contribution is 0.281. The predicted octanol–water partition coefficient (Wildman–Crippen LogP) is 3.88. The molecule has 0 aliphatic carbocycles. The number of aryl methyl sites for hydroxylation is 1. The van der Waals surface area contributed by atoms with Crippen molar-refractivity contribution in [2.75, 3.05) is 0 Å². The van der Waals surface area contributed by atoms with E-state index in [1.165, 1.54) is 0 Å². The number of para-hydroxylation sites is 1. The molecule has 0 saturated heterocycles. The molecule has 0 bridgehead atoms. The van der Waals surface area contributed by atoms with Crippen LogP contribution in [0.1, 0.15) is 11.1 Å². The first-order valence-corrected chi connectivity index (χ1v) is 6.41. The van der Waals surface area contributed by atoms with Gasteiger partial charge in [-0.3, -0.25) is 0 Å². The zero-order valence-electron chi connectivity index (χ0n) is 9.48. The monoisotopic (exact) mass is 340 g/mol. The summed E-state index contributed by atoms with van der Waals surface area (Å²) in [6.45, 7) is 2.04. The van der Waals surface area contributed by atoms with E-state index in [1.807, 2.05) is 49.4 Å². The highest BCUT2D eigenvalue weighted by molar-refractivity contribution is 14.1. The minimum Gasteiger partial charge on any atom is -0.456 e. The summed E-state index contributed by atoms with van der Waals surface area (Å²) in [6, 6.07) is 13.6. The van der Waals surface area contributed by atoms with E-state index < -0.39 is 0 Å². The third-order valence-corrected chi connectivity index (χ3v) is 3.37. The molecule has 0 heterocycles. The average molecular weight is 340 g/mol. The number of halogens is 1. The van der Waals surface area contributed by atoms with Crippen LogP contribution in [0.4, 0.5) is 0 Å². The molecule has 0 spiro atoms.